The maximum atomic E-state index is 14.4. The van der Waals surface area contributed by atoms with Crippen molar-refractivity contribution in [2.75, 3.05) is 14.1 Å². The molecule has 0 amide bonds. The highest BCUT2D eigenvalue weighted by atomic mass is 35.5. The molecule has 1 aromatic carbocycles. The molecule has 0 saturated carbocycles. The highest BCUT2D eigenvalue weighted by Gasteiger charge is 2.52. The molecule has 0 spiro atoms. The Morgan fingerprint density at radius 1 is 1.14 bits per heavy atom. The molecule has 0 bridgehead atoms. The lowest BCUT2D eigenvalue weighted by Gasteiger charge is -2.32. The Morgan fingerprint density at radius 2 is 1.67 bits per heavy atom. The van der Waals surface area contributed by atoms with E-state index in [0.29, 0.717) is 17.0 Å². The largest absolute Gasteiger partial charge is 0.497 e. The number of hydrogen-bond donors (Lipinski definition) is 0. The molecule has 0 aromatic heterocycles. The van der Waals surface area contributed by atoms with Crippen LogP contribution < -0.4 is 5.46 Å². The van der Waals surface area contributed by atoms with Crippen LogP contribution >= 0.6 is 11.6 Å². The van der Waals surface area contributed by atoms with E-state index < -0.39 is 18.3 Å². The van der Waals surface area contributed by atoms with Gasteiger partial charge in [-0.05, 0) is 59.5 Å². The molecule has 2 rings (SSSR count). The highest BCUT2D eigenvalue weighted by Crippen LogP contribution is 2.37. The van der Waals surface area contributed by atoms with Crippen LogP contribution in [0, 0.1) is 5.82 Å². The molecule has 1 saturated heterocycles. The SMILES string of the molecule is CN(C)Cc1cc(F)c(B2OC(C)(C)C(C)(C)O2)cc1Cl. The first-order chi connectivity index (χ1) is 9.53. The van der Waals surface area contributed by atoms with Gasteiger partial charge in [0.2, 0.25) is 0 Å². The zero-order valence-electron chi connectivity index (χ0n) is 13.5. The van der Waals surface area contributed by atoms with E-state index in [1.807, 2.05) is 46.7 Å². The molecule has 1 aliphatic rings. The van der Waals surface area contributed by atoms with Gasteiger partial charge in [-0.1, -0.05) is 11.6 Å². The zero-order valence-corrected chi connectivity index (χ0v) is 14.2. The van der Waals surface area contributed by atoms with Crippen molar-refractivity contribution in [1.82, 2.24) is 4.90 Å². The van der Waals surface area contributed by atoms with Crippen molar-refractivity contribution < 1.29 is 13.7 Å². The Bertz CT molecular complexity index is 533. The molecule has 0 atom stereocenters. The van der Waals surface area contributed by atoms with Crippen molar-refractivity contribution in [1.29, 1.82) is 0 Å². The van der Waals surface area contributed by atoms with Gasteiger partial charge in [0.25, 0.3) is 0 Å². The Hall–Kier alpha value is -0.615. The average molecular weight is 314 g/mol. The van der Waals surface area contributed by atoms with E-state index in [9.17, 15) is 4.39 Å². The molecule has 6 heteroatoms. The third-order valence-corrected chi connectivity index (χ3v) is 4.51. The van der Waals surface area contributed by atoms with E-state index >= 15 is 0 Å². The lowest BCUT2D eigenvalue weighted by Crippen LogP contribution is -2.41. The second kappa shape index (κ2) is 5.54. The van der Waals surface area contributed by atoms with E-state index in [1.54, 1.807) is 6.07 Å². The molecule has 1 aromatic rings. The minimum atomic E-state index is -0.735. The van der Waals surface area contributed by atoms with Crippen LogP contribution in [0.3, 0.4) is 0 Å². The summed E-state index contributed by atoms with van der Waals surface area (Å²) < 4.78 is 26.2. The summed E-state index contributed by atoms with van der Waals surface area (Å²) >= 11 is 6.26. The van der Waals surface area contributed by atoms with Gasteiger partial charge in [0.05, 0.1) is 11.2 Å². The maximum absolute atomic E-state index is 14.4. The summed E-state index contributed by atoms with van der Waals surface area (Å²) in [6.07, 6.45) is 0. The van der Waals surface area contributed by atoms with Crippen molar-refractivity contribution >= 4 is 24.2 Å². The van der Waals surface area contributed by atoms with Gasteiger partial charge >= 0.3 is 7.12 Å². The number of hydrogen-bond acceptors (Lipinski definition) is 3. The second-order valence-electron chi connectivity index (χ2n) is 6.79. The first-order valence-electron chi connectivity index (χ1n) is 7.02. The summed E-state index contributed by atoms with van der Waals surface area (Å²) in [6.45, 7) is 8.33. The van der Waals surface area contributed by atoms with Gasteiger partial charge in [-0.25, -0.2) is 4.39 Å². The molecule has 0 unspecified atom stereocenters. The first kappa shape index (κ1) is 16.8. The fraction of sp³-hybridized carbons (Fsp3) is 0.600. The quantitative estimate of drug-likeness (QED) is 0.801. The van der Waals surface area contributed by atoms with Crippen molar-refractivity contribution in [3.05, 3.63) is 28.5 Å². The number of benzene rings is 1. The minimum absolute atomic E-state index is 0.348. The normalized spacial score (nSPS) is 20.3. The predicted octanol–water partition coefficient (Wildman–Crippen LogP) is 2.84. The van der Waals surface area contributed by atoms with Gasteiger partial charge in [0, 0.05) is 17.0 Å². The van der Waals surface area contributed by atoms with Crippen LogP contribution in [0.4, 0.5) is 4.39 Å². The van der Waals surface area contributed by atoms with Gasteiger partial charge in [0.1, 0.15) is 5.82 Å². The topological polar surface area (TPSA) is 21.7 Å². The standard InChI is InChI=1S/C15H22BClFNO2/c1-14(2)15(3,4)21-16(20-14)11-8-12(17)10(7-13(11)18)9-19(5)6/h7-8H,9H2,1-6H3. The molecule has 0 aliphatic carbocycles. The van der Waals surface area contributed by atoms with Crippen LogP contribution in [0.1, 0.15) is 33.3 Å². The summed E-state index contributed by atoms with van der Waals surface area (Å²) in [5.74, 6) is -0.352. The molecule has 1 fully saturated rings. The molecular formula is C15H22BClFNO2. The molecule has 3 nitrogen and oxygen atoms in total. The lowest BCUT2D eigenvalue weighted by molar-refractivity contribution is 0.00578. The Morgan fingerprint density at radius 3 is 2.14 bits per heavy atom. The smallest absolute Gasteiger partial charge is 0.399 e. The summed E-state index contributed by atoms with van der Waals surface area (Å²) in [6, 6.07) is 3.07. The monoisotopic (exact) mass is 313 g/mol. The van der Waals surface area contributed by atoms with Gasteiger partial charge in [-0.3, -0.25) is 0 Å². The summed E-state index contributed by atoms with van der Waals surface area (Å²) in [5, 5.41) is 0.523. The average Bonchev–Trinajstić information content (AvgIpc) is 2.52. The van der Waals surface area contributed by atoms with E-state index in [4.69, 9.17) is 20.9 Å². The summed E-state index contributed by atoms with van der Waals surface area (Å²) in [5.41, 5.74) is 0.0956. The third-order valence-electron chi connectivity index (χ3n) is 4.16. The van der Waals surface area contributed by atoms with Crippen LogP contribution in [0.25, 0.3) is 0 Å². The van der Waals surface area contributed by atoms with Crippen LogP contribution in [-0.2, 0) is 15.9 Å². The molecule has 21 heavy (non-hydrogen) atoms. The van der Waals surface area contributed by atoms with Gasteiger partial charge in [0.15, 0.2) is 0 Å². The van der Waals surface area contributed by atoms with Gasteiger partial charge in [-0.2, -0.15) is 0 Å². The van der Waals surface area contributed by atoms with Crippen molar-refractivity contribution in [2.45, 2.75) is 45.4 Å². The van der Waals surface area contributed by atoms with Crippen molar-refractivity contribution in [3.8, 4) is 0 Å². The van der Waals surface area contributed by atoms with Crippen LogP contribution in [0.2, 0.25) is 5.02 Å². The van der Waals surface area contributed by atoms with Crippen molar-refractivity contribution in [3.63, 3.8) is 0 Å². The maximum Gasteiger partial charge on any atom is 0.497 e. The van der Waals surface area contributed by atoms with Crippen LogP contribution in [0.15, 0.2) is 12.1 Å². The molecule has 0 radical (unpaired) electrons. The number of nitrogens with zero attached hydrogens (tertiary/aromatic N) is 1. The number of rotatable bonds is 3. The molecule has 0 N–H and O–H groups in total. The molecule has 116 valence electrons. The Balaban J connectivity index is 2.32. The van der Waals surface area contributed by atoms with E-state index in [2.05, 4.69) is 0 Å². The fourth-order valence-corrected chi connectivity index (χ4v) is 2.45. The summed E-state index contributed by atoms with van der Waals surface area (Å²) in [7, 11) is 3.09. The summed E-state index contributed by atoms with van der Waals surface area (Å²) in [4.78, 5) is 1.94. The number of halogens is 2. The molecular weight excluding hydrogens is 291 g/mol. The van der Waals surface area contributed by atoms with Crippen molar-refractivity contribution in [2.24, 2.45) is 0 Å². The second-order valence-corrected chi connectivity index (χ2v) is 7.20. The molecule has 1 aliphatic heterocycles. The Kier molecular flexibility index (Phi) is 4.42. The fourth-order valence-electron chi connectivity index (χ4n) is 2.22. The first-order valence-corrected chi connectivity index (χ1v) is 7.39. The van der Waals surface area contributed by atoms with Crippen LogP contribution in [0.5, 0.6) is 0 Å². The van der Waals surface area contributed by atoms with E-state index in [0.717, 1.165) is 5.56 Å². The Labute approximate surface area is 131 Å². The van der Waals surface area contributed by atoms with E-state index in [-0.39, 0.29) is 5.82 Å². The molecule has 1 heterocycles. The van der Waals surface area contributed by atoms with Gasteiger partial charge < -0.3 is 14.2 Å². The third kappa shape index (κ3) is 3.26. The van der Waals surface area contributed by atoms with Crippen LogP contribution in [-0.4, -0.2) is 37.3 Å². The minimum Gasteiger partial charge on any atom is -0.399 e. The zero-order chi connectivity index (χ0) is 16.0. The lowest BCUT2D eigenvalue weighted by atomic mass is 9.78. The predicted molar refractivity (Wildman–Crippen MR) is 84.5 cm³/mol. The van der Waals surface area contributed by atoms with E-state index in [1.165, 1.54) is 6.07 Å². The van der Waals surface area contributed by atoms with Gasteiger partial charge in [-0.15, -0.1) is 0 Å². The highest BCUT2D eigenvalue weighted by molar-refractivity contribution is 6.62.